The van der Waals surface area contributed by atoms with Crippen LogP contribution in [0.4, 0.5) is 10.6 Å². The van der Waals surface area contributed by atoms with Crippen LogP contribution < -0.4 is 4.90 Å². The van der Waals surface area contributed by atoms with Crippen molar-refractivity contribution in [3.63, 3.8) is 0 Å². The van der Waals surface area contributed by atoms with Gasteiger partial charge in [0.15, 0.2) is 0 Å². The summed E-state index contributed by atoms with van der Waals surface area (Å²) in [6.07, 6.45) is 11.0. The van der Waals surface area contributed by atoms with E-state index in [-0.39, 0.29) is 12.1 Å². The standard InChI is InChI=1S/C23H37N3O2/c1-5-15-25-16-9-8-12-20(25)18-13-14-21(24-17-18)26(19-10-6-7-11-19)22(27)28-23(2,3)4/h13-14,17,19-20H,5-12,15-16H2,1-4H3/t20-/m0/s1. The molecule has 1 aliphatic heterocycles. The summed E-state index contributed by atoms with van der Waals surface area (Å²) in [4.78, 5) is 22.1. The lowest BCUT2D eigenvalue weighted by atomic mass is 9.96. The molecule has 1 amide bonds. The van der Waals surface area contributed by atoms with Crippen LogP contribution in [0.2, 0.25) is 0 Å². The molecule has 0 bridgehead atoms. The van der Waals surface area contributed by atoms with E-state index in [2.05, 4.69) is 17.9 Å². The van der Waals surface area contributed by atoms with E-state index in [1.165, 1.54) is 37.8 Å². The molecule has 0 aromatic carbocycles. The van der Waals surface area contributed by atoms with E-state index in [1.807, 2.05) is 33.0 Å². The van der Waals surface area contributed by atoms with E-state index < -0.39 is 5.60 Å². The molecular weight excluding hydrogens is 350 g/mol. The summed E-state index contributed by atoms with van der Waals surface area (Å²) in [5.74, 6) is 0.725. The smallest absolute Gasteiger partial charge is 0.416 e. The van der Waals surface area contributed by atoms with Crippen LogP contribution in [0.1, 0.15) is 90.7 Å². The number of likely N-dealkylation sites (tertiary alicyclic amines) is 1. The molecule has 1 aromatic rings. The summed E-state index contributed by atoms with van der Waals surface area (Å²) in [5, 5.41) is 0. The molecule has 2 aliphatic rings. The lowest BCUT2D eigenvalue weighted by molar-refractivity contribution is 0.0564. The number of carbonyl (C=O) groups excluding carboxylic acids is 1. The van der Waals surface area contributed by atoms with Crippen molar-refractivity contribution < 1.29 is 9.53 Å². The highest BCUT2D eigenvalue weighted by atomic mass is 16.6. The number of piperidine rings is 1. The largest absolute Gasteiger partial charge is 0.443 e. The molecule has 3 rings (SSSR count). The fraction of sp³-hybridized carbons (Fsp3) is 0.739. The number of hydrogen-bond donors (Lipinski definition) is 0. The van der Waals surface area contributed by atoms with Gasteiger partial charge in [-0.3, -0.25) is 9.80 Å². The first kappa shape index (κ1) is 21.1. The summed E-state index contributed by atoms with van der Waals surface area (Å²) in [6.45, 7) is 10.3. The summed E-state index contributed by atoms with van der Waals surface area (Å²) in [6, 6.07) is 4.85. The second kappa shape index (κ2) is 9.25. The van der Waals surface area contributed by atoms with E-state index >= 15 is 0 Å². The normalized spacial score (nSPS) is 21.6. The fourth-order valence-electron chi connectivity index (χ4n) is 4.56. The zero-order valence-corrected chi connectivity index (χ0v) is 18.1. The topological polar surface area (TPSA) is 45.7 Å². The number of pyridine rings is 1. The van der Waals surface area contributed by atoms with Gasteiger partial charge in [-0.25, -0.2) is 9.78 Å². The number of nitrogens with zero attached hydrogens (tertiary/aromatic N) is 3. The maximum Gasteiger partial charge on any atom is 0.416 e. The van der Waals surface area contributed by atoms with Gasteiger partial charge in [0.2, 0.25) is 0 Å². The molecule has 0 spiro atoms. The van der Waals surface area contributed by atoms with Gasteiger partial charge in [-0.05, 0) is 77.6 Å². The first-order valence-electron chi connectivity index (χ1n) is 11.1. The number of rotatable bonds is 5. The van der Waals surface area contributed by atoms with Gasteiger partial charge in [0.25, 0.3) is 0 Å². The molecule has 1 aromatic heterocycles. The maximum absolute atomic E-state index is 12.9. The Morgan fingerprint density at radius 1 is 1.18 bits per heavy atom. The van der Waals surface area contributed by atoms with E-state index in [0.717, 1.165) is 38.0 Å². The molecule has 1 saturated carbocycles. The minimum absolute atomic E-state index is 0.194. The zero-order valence-electron chi connectivity index (χ0n) is 18.1. The van der Waals surface area contributed by atoms with Crippen LogP contribution in [0.5, 0.6) is 0 Å². The molecule has 28 heavy (non-hydrogen) atoms. The van der Waals surface area contributed by atoms with E-state index in [0.29, 0.717) is 6.04 Å². The number of anilines is 1. The summed E-state index contributed by atoms with van der Waals surface area (Å²) in [7, 11) is 0. The Bertz CT molecular complexity index is 630. The van der Waals surface area contributed by atoms with Gasteiger partial charge in [0.1, 0.15) is 11.4 Å². The second-order valence-corrected chi connectivity index (χ2v) is 9.29. The Hall–Kier alpha value is -1.62. The number of aromatic nitrogens is 1. The highest BCUT2D eigenvalue weighted by Gasteiger charge is 2.33. The van der Waals surface area contributed by atoms with Crippen molar-refractivity contribution in [1.29, 1.82) is 0 Å². The van der Waals surface area contributed by atoms with E-state index in [1.54, 1.807) is 4.90 Å². The van der Waals surface area contributed by atoms with E-state index in [9.17, 15) is 4.79 Å². The molecule has 1 saturated heterocycles. The van der Waals surface area contributed by atoms with Crippen molar-refractivity contribution in [2.45, 2.75) is 96.7 Å². The van der Waals surface area contributed by atoms with Crippen LogP contribution in [-0.2, 0) is 4.74 Å². The first-order chi connectivity index (χ1) is 13.4. The van der Waals surface area contributed by atoms with Crippen LogP contribution in [-0.4, -0.2) is 40.7 Å². The molecule has 2 heterocycles. The fourth-order valence-corrected chi connectivity index (χ4v) is 4.56. The SMILES string of the molecule is CCCN1CCCC[C@H]1c1ccc(N(C(=O)OC(C)(C)C)C2CCCC2)nc1. The van der Waals surface area contributed by atoms with Crippen LogP contribution in [0.3, 0.4) is 0 Å². The van der Waals surface area contributed by atoms with Crippen molar-refractivity contribution in [3.8, 4) is 0 Å². The molecule has 2 fully saturated rings. The second-order valence-electron chi connectivity index (χ2n) is 9.29. The molecule has 5 nitrogen and oxygen atoms in total. The zero-order chi connectivity index (χ0) is 20.1. The third kappa shape index (κ3) is 5.25. The van der Waals surface area contributed by atoms with Crippen LogP contribution in [0.15, 0.2) is 18.3 Å². The minimum Gasteiger partial charge on any atom is -0.443 e. The van der Waals surface area contributed by atoms with Crippen molar-refractivity contribution in [2.24, 2.45) is 0 Å². The molecule has 0 radical (unpaired) electrons. The van der Waals surface area contributed by atoms with Gasteiger partial charge in [-0.15, -0.1) is 0 Å². The monoisotopic (exact) mass is 387 g/mol. The quantitative estimate of drug-likeness (QED) is 0.650. The van der Waals surface area contributed by atoms with Crippen molar-refractivity contribution in [3.05, 3.63) is 23.9 Å². The van der Waals surface area contributed by atoms with Crippen LogP contribution >= 0.6 is 0 Å². The van der Waals surface area contributed by atoms with Gasteiger partial charge in [-0.1, -0.05) is 32.3 Å². The predicted octanol–water partition coefficient (Wildman–Crippen LogP) is 5.70. The molecule has 1 atom stereocenters. The Labute approximate surface area is 170 Å². The Morgan fingerprint density at radius 3 is 2.50 bits per heavy atom. The Balaban J connectivity index is 1.80. The average molecular weight is 388 g/mol. The number of ether oxygens (including phenoxy) is 1. The lowest BCUT2D eigenvalue weighted by Gasteiger charge is -2.36. The highest BCUT2D eigenvalue weighted by Crippen LogP contribution is 2.33. The molecular formula is C23H37N3O2. The molecule has 5 heteroatoms. The van der Waals surface area contributed by atoms with Crippen LogP contribution in [0.25, 0.3) is 0 Å². The summed E-state index contributed by atoms with van der Waals surface area (Å²) < 4.78 is 5.70. The van der Waals surface area contributed by atoms with Crippen LogP contribution in [0, 0.1) is 0 Å². The molecule has 156 valence electrons. The maximum atomic E-state index is 12.9. The van der Waals surface area contributed by atoms with Gasteiger partial charge in [-0.2, -0.15) is 0 Å². The Morgan fingerprint density at radius 2 is 1.89 bits per heavy atom. The van der Waals surface area contributed by atoms with Gasteiger partial charge in [0.05, 0.1) is 0 Å². The van der Waals surface area contributed by atoms with Crippen molar-refractivity contribution in [1.82, 2.24) is 9.88 Å². The molecule has 0 N–H and O–H groups in total. The average Bonchev–Trinajstić information content (AvgIpc) is 3.16. The molecule has 0 unspecified atom stereocenters. The summed E-state index contributed by atoms with van der Waals surface area (Å²) in [5.41, 5.74) is 0.767. The number of hydrogen-bond acceptors (Lipinski definition) is 4. The Kier molecular flexibility index (Phi) is 6.97. The highest BCUT2D eigenvalue weighted by molar-refractivity contribution is 5.87. The van der Waals surface area contributed by atoms with E-state index in [4.69, 9.17) is 9.72 Å². The minimum atomic E-state index is -0.503. The first-order valence-corrected chi connectivity index (χ1v) is 11.1. The van der Waals surface area contributed by atoms with Crippen molar-refractivity contribution >= 4 is 11.9 Å². The summed E-state index contributed by atoms with van der Waals surface area (Å²) >= 11 is 0. The number of carbonyl (C=O) groups is 1. The van der Waals surface area contributed by atoms with Gasteiger partial charge >= 0.3 is 6.09 Å². The number of amides is 1. The molecule has 1 aliphatic carbocycles. The van der Waals surface area contributed by atoms with Crippen molar-refractivity contribution in [2.75, 3.05) is 18.0 Å². The third-order valence-electron chi connectivity index (χ3n) is 5.81. The predicted molar refractivity (Wildman–Crippen MR) is 114 cm³/mol. The van der Waals surface area contributed by atoms with Gasteiger partial charge in [0, 0.05) is 18.3 Å². The van der Waals surface area contributed by atoms with Gasteiger partial charge < -0.3 is 4.74 Å². The third-order valence-corrected chi connectivity index (χ3v) is 5.81. The lowest BCUT2D eigenvalue weighted by Crippen LogP contribution is -2.43.